The van der Waals surface area contributed by atoms with E-state index in [-0.39, 0.29) is 5.54 Å². The Bertz CT molecular complexity index is 166. The zero-order valence-corrected chi connectivity index (χ0v) is 7.29. The highest BCUT2D eigenvalue weighted by Crippen LogP contribution is 2.35. The predicted octanol–water partition coefficient (Wildman–Crippen LogP) is 0.0143. The lowest BCUT2D eigenvalue weighted by Gasteiger charge is -2.39. The Hall–Kier alpha value is -0.120. The lowest BCUT2D eigenvalue weighted by Crippen LogP contribution is -2.57. The van der Waals surface area contributed by atoms with Crippen LogP contribution in [0.3, 0.4) is 0 Å². The standard InChI is InChI=1S/C9H17NO2/c11-7-5-9(3-1-2-4-9)10-6-8(7)12/h7-8,10-12H,1-6H2/t7-,8+/m0/s1. The van der Waals surface area contributed by atoms with Crippen molar-refractivity contribution in [1.82, 2.24) is 5.32 Å². The van der Waals surface area contributed by atoms with Crippen LogP contribution in [-0.4, -0.2) is 34.5 Å². The second-order valence-corrected chi connectivity index (χ2v) is 4.21. The van der Waals surface area contributed by atoms with Gasteiger partial charge in [-0.15, -0.1) is 0 Å². The van der Waals surface area contributed by atoms with Crippen molar-refractivity contribution in [2.45, 2.75) is 49.9 Å². The zero-order valence-electron chi connectivity index (χ0n) is 7.29. The number of hydrogen-bond acceptors (Lipinski definition) is 3. The van der Waals surface area contributed by atoms with Gasteiger partial charge < -0.3 is 15.5 Å². The van der Waals surface area contributed by atoms with Gasteiger partial charge in [0.25, 0.3) is 0 Å². The molecule has 0 bridgehead atoms. The average molecular weight is 171 g/mol. The lowest BCUT2D eigenvalue weighted by molar-refractivity contribution is -0.0320. The van der Waals surface area contributed by atoms with E-state index in [2.05, 4.69) is 5.32 Å². The normalized spacial score (nSPS) is 40.5. The van der Waals surface area contributed by atoms with Gasteiger partial charge in [0.05, 0.1) is 12.2 Å². The SMILES string of the molecule is O[C@@H]1CNC2(CCCC2)C[C@@H]1O. The molecule has 2 aliphatic rings. The molecule has 1 saturated carbocycles. The van der Waals surface area contributed by atoms with Gasteiger partial charge in [0.1, 0.15) is 0 Å². The van der Waals surface area contributed by atoms with Gasteiger partial charge in [-0.25, -0.2) is 0 Å². The van der Waals surface area contributed by atoms with Crippen LogP contribution >= 0.6 is 0 Å². The first-order valence-electron chi connectivity index (χ1n) is 4.83. The monoisotopic (exact) mass is 171 g/mol. The summed E-state index contributed by atoms with van der Waals surface area (Å²) in [5.41, 5.74) is 0.165. The largest absolute Gasteiger partial charge is 0.390 e. The fourth-order valence-electron chi connectivity index (χ4n) is 2.50. The first-order valence-corrected chi connectivity index (χ1v) is 4.83. The topological polar surface area (TPSA) is 52.5 Å². The van der Waals surface area contributed by atoms with Crippen molar-refractivity contribution in [3.63, 3.8) is 0 Å². The second kappa shape index (κ2) is 2.98. The Kier molecular flexibility index (Phi) is 2.10. The molecule has 3 heteroatoms. The van der Waals surface area contributed by atoms with Crippen LogP contribution in [0.15, 0.2) is 0 Å². The molecule has 2 fully saturated rings. The van der Waals surface area contributed by atoms with Crippen molar-refractivity contribution in [3.8, 4) is 0 Å². The Morgan fingerprint density at radius 2 is 1.75 bits per heavy atom. The summed E-state index contributed by atoms with van der Waals surface area (Å²) in [6.07, 6.45) is 4.51. The zero-order chi connectivity index (χ0) is 8.60. The molecule has 2 rings (SSSR count). The minimum Gasteiger partial charge on any atom is -0.390 e. The van der Waals surface area contributed by atoms with E-state index in [4.69, 9.17) is 0 Å². The summed E-state index contributed by atoms with van der Waals surface area (Å²) < 4.78 is 0. The van der Waals surface area contributed by atoms with Gasteiger partial charge in [-0.05, 0) is 19.3 Å². The third-order valence-corrected chi connectivity index (χ3v) is 3.29. The molecule has 1 aliphatic carbocycles. The van der Waals surface area contributed by atoms with Crippen LogP contribution in [0, 0.1) is 0 Å². The molecule has 3 N–H and O–H groups in total. The fourth-order valence-corrected chi connectivity index (χ4v) is 2.50. The van der Waals surface area contributed by atoms with Crippen LogP contribution in [0.4, 0.5) is 0 Å². The molecule has 0 aromatic carbocycles. The molecule has 0 aromatic rings. The van der Waals surface area contributed by atoms with E-state index in [9.17, 15) is 10.2 Å². The van der Waals surface area contributed by atoms with Crippen LogP contribution in [0.25, 0.3) is 0 Å². The quantitative estimate of drug-likeness (QED) is 0.481. The van der Waals surface area contributed by atoms with Crippen LogP contribution in [0.2, 0.25) is 0 Å². The molecule has 2 atom stereocenters. The number of rotatable bonds is 0. The van der Waals surface area contributed by atoms with Gasteiger partial charge in [0.2, 0.25) is 0 Å². The smallest absolute Gasteiger partial charge is 0.0923 e. The third-order valence-electron chi connectivity index (χ3n) is 3.29. The summed E-state index contributed by atoms with van der Waals surface area (Å²) in [5, 5.41) is 22.2. The van der Waals surface area contributed by atoms with Gasteiger partial charge in [-0.2, -0.15) is 0 Å². The van der Waals surface area contributed by atoms with Crippen LogP contribution < -0.4 is 5.32 Å². The number of aliphatic hydroxyl groups is 2. The maximum atomic E-state index is 9.51. The van der Waals surface area contributed by atoms with E-state index < -0.39 is 12.2 Å². The van der Waals surface area contributed by atoms with Crippen molar-refractivity contribution in [3.05, 3.63) is 0 Å². The number of aliphatic hydroxyl groups excluding tert-OH is 2. The van der Waals surface area contributed by atoms with Gasteiger partial charge in [0.15, 0.2) is 0 Å². The summed E-state index contributed by atoms with van der Waals surface area (Å²) in [7, 11) is 0. The van der Waals surface area contributed by atoms with Crippen molar-refractivity contribution >= 4 is 0 Å². The first kappa shape index (κ1) is 8.48. The first-order chi connectivity index (χ1) is 5.72. The molecule has 12 heavy (non-hydrogen) atoms. The number of piperidine rings is 1. The van der Waals surface area contributed by atoms with Gasteiger partial charge in [-0.1, -0.05) is 12.8 Å². The Morgan fingerprint density at radius 1 is 1.08 bits per heavy atom. The number of hydrogen-bond donors (Lipinski definition) is 3. The summed E-state index contributed by atoms with van der Waals surface area (Å²) in [6, 6.07) is 0. The lowest BCUT2D eigenvalue weighted by atomic mass is 9.85. The molecular weight excluding hydrogens is 154 g/mol. The van der Waals surface area contributed by atoms with Gasteiger partial charge in [-0.3, -0.25) is 0 Å². The average Bonchev–Trinajstić information content (AvgIpc) is 2.47. The molecule has 3 nitrogen and oxygen atoms in total. The molecule has 0 unspecified atom stereocenters. The molecule has 0 radical (unpaired) electrons. The van der Waals surface area contributed by atoms with E-state index in [1.165, 1.54) is 12.8 Å². The summed E-state index contributed by atoms with van der Waals surface area (Å²) in [5.74, 6) is 0. The Balaban J connectivity index is 2.01. The van der Waals surface area contributed by atoms with Gasteiger partial charge >= 0.3 is 0 Å². The van der Waals surface area contributed by atoms with Crippen LogP contribution in [0.5, 0.6) is 0 Å². The summed E-state index contributed by atoms with van der Waals surface area (Å²) in [4.78, 5) is 0. The van der Waals surface area contributed by atoms with E-state index in [0.717, 1.165) is 19.3 Å². The number of β-amino-alcohol motifs (C(OH)–C–C–N with tert-alkyl or cyclic N) is 1. The molecule has 0 aromatic heterocycles. The van der Waals surface area contributed by atoms with Crippen molar-refractivity contribution in [1.29, 1.82) is 0 Å². The number of nitrogens with one attached hydrogen (secondary N) is 1. The summed E-state index contributed by atoms with van der Waals surface area (Å²) in [6.45, 7) is 0.557. The Morgan fingerprint density at radius 3 is 2.33 bits per heavy atom. The molecule has 1 heterocycles. The van der Waals surface area contributed by atoms with E-state index in [1.54, 1.807) is 0 Å². The molecule has 1 spiro atoms. The van der Waals surface area contributed by atoms with Crippen LogP contribution in [-0.2, 0) is 0 Å². The third kappa shape index (κ3) is 1.37. The predicted molar refractivity (Wildman–Crippen MR) is 45.8 cm³/mol. The minimum atomic E-state index is -0.559. The molecule has 1 aliphatic heterocycles. The van der Waals surface area contributed by atoms with Crippen molar-refractivity contribution < 1.29 is 10.2 Å². The van der Waals surface area contributed by atoms with Crippen molar-refractivity contribution in [2.75, 3.05) is 6.54 Å². The highest BCUT2D eigenvalue weighted by Gasteiger charge is 2.40. The van der Waals surface area contributed by atoms with Crippen LogP contribution in [0.1, 0.15) is 32.1 Å². The highest BCUT2D eigenvalue weighted by molar-refractivity contribution is 4.99. The maximum Gasteiger partial charge on any atom is 0.0923 e. The van der Waals surface area contributed by atoms with E-state index in [0.29, 0.717) is 6.54 Å². The molecule has 0 amide bonds. The Labute approximate surface area is 72.8 Å². The highest BCUT2D eigenvalue weighted by atomic mass is 16.3. The maximum absolute atomic E-state index is 9.51. The minimum absolute atomic E-state index is 0.165. The van der Waals surface area contributed by atoms with Crippen molar-refractivity contribution in [2.24, 2.45) is 0 Å². The summed E-state index contributed by atoms with van der Waals surface area (Å²) >= 11 is 0. The van der Waals surface area contributed by atoms with Gasteiger partial charge in [0, 0.05) is 12.1 Å². The van der Waals surface area contributed by atoms with E-state index in [1.807, 2.05) is 0 Å². The molecule has 1 saturated heterocycles. The molecule has 70 valence electrons. The fraction of sp³-hybridized carbons (Fsp3) is 1.00. The molecular formula is C9H17NO2. The second-order valence-electron chi connectivity index (χ2n) is 4.21. The van der Waals surface area contributed by atoms with E-state index >= 15 is 0 Å².